The lowest BCUT2D eigenvalue weighted by atomic mass is 10.3. The molecular weight excluding hydrogens is 168 g/mol. The Balaban J connectivity index is 2.79. The quantitative estimate of drug-likeness (QED) is 0.548. The Morgan fingerprint density at radius 2 is 2.27 bits per heavy atom. The van der Waals surface area contributed by atoms with E-state index in [4.69, 9.17) is 11.6 Å². The van der Waals surface area contributed by atoms with Crippen LogP contribution in [0.5, 0.6) is 0 Å². The van der Waals surface area contributed by atoms with Crippen molar-refractivity contribution in [1.82, 2.24) is 0 Å². The Kier molecular flexibility index (Phi) is 2.28. The van der Waals surface area contributed by atoms with Gasteiger partial charge in [0.1, 0.15) is 5.69 Å². The highest BCUT2D eigenvalue weighted by Crippen LogP contribution is 2.14. The molecule has 0 aliphatic heterocycles. The third kappa shape index (κ3) is 2.43. The molecule has 1 rings (SSSR count). The molecule has 0 heterocycles. The highest BCUT2D eigenvalue weighted by Gasteiger charge is 1.97. The van der Waals surface area contributed by atoms with Crippen LogP contribution in [-0.4, -0.2) is 5.03 Å². The van der Waals surface area contributed by atoms with Gasteiger partial charge in [0, 0.05) is 5.02 Å². The van der Waals surface area contributed by atoms with E-state index in [0.717, 1.165) is 0 Å². The number of benzene rings is 1. The van der Waals surface area contributed by atoms with Gasteiger partial charge in [-0.3, -0.25) is 0 Å². The van der Waals surface area contributed by atoms with Crippen molar-refractivity contribution in [3.8, 4) is 0 Å². The van der Waals surface area contributed by atoms with E-state index < -0.39 is 5.03 Å². The molecule has 0 unspecified atom stereocenters. The summed E-state index contributed by atoms with van der Waals surface area (Å²) >= 11 is 5.57. The van der Waals surface area contributed by atoms with Gasteiger partial charge < -0.3 is 0 Å². The maximum atomic E-state index is 9.93. The normalized spacial score (nSPS) is 9.18. The largest absolute Gasteiger partial charge is 0.235 e. The van der Waals surface area contributed by atoms with Gasteiger partial charge in [0.15, 0.2) is 5.03 Å². The summed E-state index contributed by atoms with van der Waals surface area (Å²) in [5, 5.41) is 9.77. The number of nitrogens with one attached hydrogen (secondary N) is 1. The first-order valence-corrected chi connectivity index (χ1v) is 3.23. The molecule has 1 aromatic carbocycles. The van der Waals surface area contributed by atoms with E-state index in [1.165, 1.54) is 6.07 Å². The molecule has 1 N–H and O–H groups in total. The third-order valence-electron chi connectivity index (χ3n) is 1.05. The summed E-state index contributed by atoms with van der Waals surface area (Å²) in [6, 6.07) is 6.32. The molecule has 4 nitrogen and oxygen atoms in total. The SMILES string of the molecule is O=[N+]([O-])Nc1cccc(Cl)c1. The number of hydrazine groups is 1. The first-order valence-electron chi connectivity index (χ1n) is 2.85. The second-order valence-electron chi connectivity index (χ2n) is 1.88. The molecule has 0 saturated carbocycles. The Morgan fingerprint density at radius 1 is 1.55 bits per heavy atom. The molecule has 5 heteroatoms. The van der Waals surface area contributed by atoms with Crippen LogP contribution in [-0.2, 0) is 0 Å². The lowest BCUT2D eigenvalue weighted by molar-refractivity contribution is -0.445. The molecule has 11 heavy (non-hydrogen) atoms. The average Bonchev–Trinajstić information content (AvgIpc) is 1.85. The molecule has 0 amide bonds. The van der Waals surface area contributed by atoms with Crippen LogP contribution in [0.3, 0.4) is 0 Å². The highest BCUT2D eigenvalue weighted by molar-refractivity contribution is 6.30. The molecule has 0 saturated heterocycles. The van der Waals surface area contributed by atoms with Crippen LogP contribution < -0.4 is 5.43 Å². The van der Waals surface area contributed by atoms with Gasteiger partial charge in [0.05, 0.1) is 0 Å². The topological polar surface area (TPSA) is 55.2 Å². The molecule has 0 bridgehead atoms. The smallest absolute Gasteiger partial charge is 0.162 e. The van der Waals surface area contributed by atoms with Gasteiger partial charge in [-0.1, -0.05) is 17.7 Å². The van der Waals surface area contributed by atoms with E-state index in [1.807, 2.05) is 5.43 Å². The minimum absolute atomic E-state index is 0.377. The molecule has 0 aromatic heterocycles. The number of halogens is 1. The maximum Gasteiger partial charge on any atom is 0.162 e. The predicted octanol–water partition coefficient (Wildman–Crippen LogP) is 1.94. The van der Waals surface area contributed by atoms with Crippen LogP contribution in [0.1, 0.15) is 0 Å². The van der Waals surface area contributed by atoms with Crippen LogP contribution in [0.2, 0.25) is 5.02 Å². The van der Waals surface area contributed by atoms with Crippen LogP contribution in [0.4, 0.5) is 5.69 Å². The van der Waals surface area contributed by atoms with Crippen LogP contribution in [0.15, 0.2) is 24.3 Å². The minimum Gasteiger partial charge on any atom is -0.235 e. The summed E-state index contributed by atoms with van der Waals surface area (Å²) < 4.78 is 0. The molecule has 0 spiro atoms. The van der Waals surface area contributed by atoms with Crippen LogP contribution >= 0.6 is 11.6 Å². The zero-order valence-corrected chi connectivity index (χ0v) is 6.21. The number of nitrogens with zero attached hydrogens (tertiary/aromatic N) is 1. The fraction of sp³-hybridized carbons (Fsp3) is 0. The number of rotatable bonds is 2. The Bertz CT molecular complexity index is 277. The van der Waals surface area contributed by atoms with E-state index in [1.54, 1.807) is 18.2 Å². The van der Waals surface area contributed by atoms with Gasteiger partial charge in [0.2, 0.25) is 0 Å². The number of anilines is 1. The van der Waals surface area contributed by atoms with Crippen LogP contribution in [0.25, 0.3) is 0 Å². The number of nitro groups is 1. The Labute approximate surface area is 67.9 Å². The van der Waals surface area contributed by atoms with Gasteiger partial charge in [-0.2, -0.15) is 0 Å². The van der Waals surface area contributed by atoms with E-state index in [-0.39, 0.29) is 0 Å². The summed E-state index contributed by atoms with van der Waals surface area (Å²) in [5.74, 6) is 0. The second-order valence-corrected chi connectivity index (χ2v) is 2.32. The zero-order chi connectivity index (χ0) is 8.27. The minimum atomic E-state index is -0.633. The van der Waals surface area contributed by atoms with Gasteiger partial charge in [0.25, 0.3) is 0 Å². The molecule has 0 aliphatic carbocycles. The molecule has 1 aromatic rings. The van der Waals surface area contributed by atoms with E-state index >= 15 is 0 Å². The number of hydrogen-bond acceptors (Lipinski definition) is 2. The van der Waals surface area contributed by atoms with E-state index in [9.17, 15) is 10.1 Å². The summed E-state index contributed by atoms with van der Waals surface area (Å²) in [6.45, 7) is 0. The maximum absolute atomic E-state index is 9.93. The predicted molar refractivity (Wildman–Crippen MR) is 42.1 cm³/mol. The molecule has 0 radical (unpaired) electrons. The standard InChI is InChI=1S/C6H5ClN2O2/c7-5-2-1-3-6(4-5)8-9(10)11/h1-4,8H. The first-order chi connectivity index (χ1) is 5.18. The van der Waals surface area contributed by atoms with Crippen molar-refractivity contribution >= 4 is 17.3 Å². The summed E-state index contributed by atoms with van der Waals surface area (Å²) in [6.07, 6.45) is 0. The summed E-state index contributed by atoms with van der Waals surface area (Å²) in [4.78, 5) is 9.93. The number of hydrogen-bond donors (Lipinski definition) is 1. The van der Waals surface area contributed by atoms with E-state index in [0.29, 0.717) is 10.7 Å². The van der Waals surface area contributed by atoms with Gasteiger partial charge in [-0.15, -0.1) is 5.43 Å². The van der Waals surface area contributed by atoms with Crippen molar-refractivity contribution in [3.05, 3.63) is 39.4 Å². The molecule has 0 fully saturated rings. The monoisotopic (exact) mass is 172 g/mol. The molecule has 0 aliphatic rings. The van der Waals surface area contributed by atoms with Crippen molar-refractivity contribution in [2.75, 3.05) is 5.43 Å². The second kappa shape index (κ2) is 3.21. The van der Waals surface area contributed by atoms with Crippen molar-refractivity contribution in [2.45, 2.75) is 0 Å². The van der Waals surface area contributed by atoms with Crippen molar-refractivity contribution in [2.24, 2.45) is 0 Å². The van der Waals surface area contributed by atoms with Gasteiger partial charge in [-0.05, 0) is 18.2 Å². The lowest BCUT2D eigenvalue weighted by Gasteiger charge is -1.95. The van der Waals surface area contributed by atoms with Gasteiger partial charge in [-0.25, -0.2) is 10.1 Å². The summed E-state index contributed by atoms with van der Waals surface area (Å²) in [5.41, 5.74) is 2.36. The Morgan fingerprint density at radius 3 is 2.82 bits per heavy atom. The average molecular weight is 173 g/mol. The zero-order valence-electron chi connectivity index (χ0n) is 5.45. The molecule has 0 atom stereocenters. The highest BCUT2D eigenvalue weighted by atomic mass is 35.5. The molecule has 58 valence electrons. The van der Waals surface area contributed by atoms with Crippen molar-refractivity contribution in [3.63, 3.8) is 0 Å². The van der Waals surface area contributed by atoms with Crippen molar-refractivity contribution < 1.29 is 5.03 Å². The van der Waals surface area contributed by atoms with Crippen LogP contribution in [0, 0.1) is 10.1 Å². The third-order valence-corrected chi connectivity index (χ3v) is 1.28. The summed E-state index contributed by atoms with van der Waals surface area (Å²) in [7, 11) is 0. The lowest BCUT2D eigenvalue weighted by Crippen LogP contribution is -2.07. The Hall–Kier alpha value is -1.29. The first kappa shape index (κ1) is 7.81. The van der Waals surface area contributed by atoms with Crippen molar-refractivity contribution in [1.29, 1.82) is 0 Å². The fourth-order valence-corrected chi connectivity index (χ4v) is 0.854. The fourth-order valence-electron chi connectivity index (χ4n) is 0.663. The van der Waals surface area contributed by atoms with E-state index in [2.05, 4.69) is 0 Å². The van der Waals surface area contributed by atoms with Gasteiger partial charge >= 0.3 is 0 Å². The molecular formula is C6H5ClN2O2.